The molecule has 2 nitrogen and oxygen atoms in total. The summed E-state index contributed by atoms with van der Waals surface area (Å²) in [5, 5.41) is 0. The summed E-state index contributed by atoms with van der Waals surface area (Å²) in [5.41, 5.74) is 0. The molecule has 0 radical (unpaired) electrons. The van der Waals surface area contributed by atoms with Gasteiger partial charge < -0.3 is 9.64 Å². The van der Waals surface area contributed by atoms with E-state index in [9.17, 15) is 0 Å². The third-order valence-electron chi connectivity index (χ3n) is 4.04. The van der Waals surface area contributed by atoms with Gasteiger partial charge in [0.25, 0.3) is 0 Å². The van der Waals surface area contributed by atoms with Crippen LogP contribution in [0.25, 0.3) is 0 Å². The van der Waals surface area contributed by atoms with E-state index in [1.807, 2.05) is 0 Å². The molecule has 1 aliphatic rings. The van der Waals surface area contributed by atoms with E-state index in [-0.39, 0.29) is 0 Å². The van der Waals surface area contributed by atoms with Crippen LogP contribution >= 0.6 is 0 Å². The second-order valence-corrected chi connectivity index (χ2v) is 5.28. The molecule has 0 amide bonds. The third kappa shape index (κ3) is 4.12. The highest BCUT2D eigenvalue weighted by molar-refractivity contribution is 4.77. The molecule has 2 heteroatoms. The van der Waals surface area contributed by atoms with Crippen LogP contribution in [0, 0.1) is 17.8 Å². The van der Waals surface area contributed by atoms with Crippen LogP contribution in [0.5, 0.6) is 0 Å². The summed E-state index contributed by atoms with van der Waals surface area (Å²) < 4.78 is 5.12. The highest BCUT2D eigenvalue weighted by Crippen LogP contribution is 2.29. The lowest BCUT2D eigenvalue weighted by atomic mass is 9.79. The van der Waals surface area contributed by atoms with E-state index in [0.29, 0.717) is 0 Å². The summed E-state index contributed by atoms with van der Waals surface area (Å²) in [6.45, 7) is 11.6. The molecule has 1 heterocycles. The number of nitrogens with zero attached hydrogens (tertiary/aromatic N) is 1. The largest absolute Gasteiger partial charge is 0.383 e. The Morgan fingerprint density at radius 2 is 1.80 bits per heavy atom. The number of rotatable bonds is 5. The smallest absolute Gasteiger partial charge is 0.0589 e. The SMILES string of the molecule is COCCN1CCC(C(C)C(C)C)CC1. The molecule has 0 aliphatic carbocycles. The molecule has 0 spiro atoms. The van der Waals surface area contributed by atoms with Crippen molar-refractivity contribution in [1.29, 1.82) is 0 Å². The molecule has 0 bridgehead atoms. The van der Waals surface area contributed by atoms with Gasteiger partial charge in [0.1, 0.15) is 0 Å². The highest BCUT2D eigenvalue weighted by Gasteiger charge is 2.24. The van der Waals surface area contributed by atoms with E-state index >= 15 is 0 Å². The fourth-order valence-corrected chi connectivity index (χ4v) is 2.47. The first-order valence-electron chi connectivity index (χ1n) is 6.36. The van der Waals surface area contributed by atoms with Crippen molar-refractivity contribution >= 4 is 0 Å². The van der Waals surface area contributed by atoms with E-state index in [1.54, 1.807) is 7.11 Å². The summed E-state index contributed by atoms with van der Waals surface area (Å²) in [5.74, 6) is 2.67. The summed E-state index contributed by atoms with van der Waals surface area (Å²) in [7, 11) is 1.79. The van der Waals surface area contributed by atoms with Crippen molar-refractivity contribution in [3.8, 4) is 0 Å². The van der Waals surface area contributed by atoms with Crippen molar-refractivity contribution in [3.63, 3.8) is 0 Å². The van der Waals surface area contributed by atoms with Crippen LogP contribution in [-0.2, 0) is 4.74 Å². The van der Waals surface area contributed by atoms with Crippen molar-refractivity contribution in [2.45, 2.75) is 33.6 Å². The maximum atomic E-state index is 5.12. The standard InChI is InChI=1S/C13H27NO/c1-11(2)12(3)13-5-7-14(8-6-13)9-10-15-4/h11-13H,5-10H2,1-4H3. The van der Waals surface area contributed by atoms with Gasteiger partial charge in [-0.1, -0.05) is 20.8 Å². The van der Waals surface area contributed by atoms with Crippen LogP contribution < -0.4 is 0 Å². The average Bonchev–Trinajstić information content (AvgIpc) is 2.26. The van der Waals surface area contributed by atoms with Crippen LogP contribution in [0.1, 0.15) is 33.6 Å². The lowest BCUT2D eigenvalue weighted by Gasteiger charge is -2.36. The Labute approximate surface area is 95.0 Å². The number of hydrogen-bond acceptors (Lipinski definition) is 2. The van der Waals surface area contributed by atoms with E-state index in [4.69, 9.17) is 4.74 Å². The fourth-order valence-electron chi connectivity index (χ4n) is 2.47. The Kier molecular flexibility index (Phi) is 5.62. The van der Waals surface area contributed by atoms with Gasteiger partial charge in [-0.15, -0.1) is 0 Å². The first-order valence-corrected chi connectivity index (χ1v) is 6.36. The van der Waals surface area contributed by atoms with Crippen molar-refractivity contribution in [3.05, 3.63) is 0 Å². The second kappa shape index (κ2) is 6.49. The molecule has 1 atom stereocenters. The number of hydrogen-bond donors (Lipinski definition) is 0. The molecule has 0 aromatic carbocycles. The molecule has 15 heavy (non-hydrogen) atoms. The summed E-state index contributed by atoms with van der Waals surface area (Å²) in [6, 6.07) is 0. The summed E-state index contributed by atoms with van der Waals surface area (Å²) in [4.78, 5) is 2.53. The predicted octanol–water partition coefficient (Wildman–Crippen LogP) is 2.64. The minimum absolute atomic E-state index is 0.834. The molecule has 90 valence electrons. The van der Waals surface area contributed by atoms with E-state index < -0.39 is 0 Å². The zero-order chi connectivity index (χ0) is 11.3. The predicted molar refractivity (Wildman–Crippen MR) is 65.0 cm³/mol. The van der Waals surface area contributed by atoms with E-state index in [2.05, 4.69) is 25.7 Å². The van der Waals surface area contributed by atoms with Gasteiger partial charge >= 0.3 is 0 Å². The van der Waals surface area contributed by atoms with Gasteiger partial charge in [-0.3, -0.25) is 0 Å². The second-order valence-electron chi connectivity index (χ2n) is 5.28. The number of methoxy groups -OCH3 is 1. The number of likely N-dealkylation sites (tertiary alicyclic amines) is 1. The van der Waals surface area contributed by atoms with Crippen molar-refractivity contribution in [2.24, 2.45) is 17.8 Å². The Balaban J connectivity index is 2.23. The highest BCUT2D eigenvalue weighted by atomic mass is 16.5. The summed E-state index contributed by atoms with van der Waals surface area (Å²) in [6.07, 6.45) is 2.76. The van der Waals surface area contributed by atoms with Gasteiger partial charge in [0, 0.05) is 13.7 Å². The molecular formula is C13H27NO. The molecular weight excluding hydrogens is 186 g/mol. The Morgan fingerprint density at radius 3 is 2.27 bits per heavy atom. The Morgan fingerprint density at radius 1 is 1.20 bits per heavy atom. The normalized spacial score (nSPS) is 22.2. The van der Waals surface area contributed by atoms with Crippen LogP contribution in [0.3, 0.4) is 0 Å². The molecule has 1 aliphatic heterocycles. The zero-order valence-electron chi connectivity index (χ0n) is 10.8. The van der Waals surface area contributed by atoms with E-state index in [0.717, 1.165) is 30.9 Å². The Bertz CT molecular complexity index is 162. The first-order chi connectivity index (χ1) is 7.15. The van der Waals surface area contributed by atoms with Crippen molar-refractivity contribution in [2.75, 3.05) is 33.4 Å². The lowest BCUT2D eigenvalue weighted by Crippen LogP contribution is -2.38. The van der Waals surface area contributed by atoms with Crippen molar-refractivity contribution < 1.29 is 4.74 Å². The molecule has 0 aromatic rings. The van der Waals surface area contributed by atoms with Gasteiger partial charge in [0.2, 0.25) is 0 Å². The van der Waals surface area contributed by atoms with Crippen LogP contribution in [0.15, 0.2) is 0 Å². The van der Waals surface area contributed by atoms with Gasteiger partial charge in [0.05, 0.1) is 6.61 Å². The molecule has 0 saturated carbocycles. The minimum Gasteiger partial charge on any atom is -0.383 e. The maximum absolute atomic E-state index is 5.12. The molecule has 1 rings (SSSR count). The zero-order valence-corrected chi connectivity index (χ0v) is 10.8. The molecule has 0 N–H and O–H groups in total. The maximum Gasteiger partial charge on any atom is 0.0589 e. The average molecular weight is 213 g/mol. The van der Waals surface area contributed by atoms with Gasteiger partial charge in [-0.2, -0.15) is 0 Å². The minimum atomic E-state index is 0.834. The Hall–Kier alpha value is -0.0800. The monoisotopic (exact) mass is 213 g/mol. The summed E-state index contributed by atoms with van der Waals surface area (Å²) >= 11 is 0. The quantitative estimate of drug-likeness (QED) is 0.696. The molecule has 1 saturated heterocycles. The van der Waals surface area contributed by atoms with Crippen LogP contribution in [0.2, 0.25) is 0 Å². The van der Waals surface area contributed by atoms with Gasteiger partial charge in [-0.25, -0.2) is 0 Å². The lowest BCUT2D eigenvalue weighted by molar-refractivity contribution is 0.0990. The molecule has 1 fully saturated rings. The van der Waals surface area contributed by atoms with E-state index in [1.165, 1.54) is 25.9 Å². The number of ether oxygens (including phenoxy) is 1. The fraction of sp³-hybridized carbons (Fsp3) is 1.00. The molecule has 0 aromatic heterocycles. The van der Waals surface area contributed by atoms with Crippen LogP contribution in [-0.4, -0.2) is 38.3 Å². The third-order valence-corrected chi connectivity index (χ3v) is 4.04. The van der Waals surface area contributed by atoms with Gasteiger partial charge in [-0.05, 0) is 43.7 Å². The topological polar surface area (TPSA) is 12.5 Å². The van der Waals surface area contributed by atoms with Gasteiger partial charge in [0.15, 0.2) is 0 Å². The molecule has 1 unspecified atom stereocenters. The van der Waals surface area contributed by atoms with Crippen molar-refractivity contribution in [1.82, 2.24) is 4.90 Å². The van der Waals surface area contributed by atoms with Crippen LogP contribution in [0.4, 0.5) is 0 Å². The number of piperidine rings is 1. The first kappa shape index (κ1) is 13.0.